The summed E-state index contributed by atoms with van der Waals surface area (Å²) in [4.78, 5) is 13.2. The maximum absolute atomic E-state index is 6.02. The number of piperidine rings is 1. The van der Waals surface area contributed by atoms with Gasteiger partial charge in [0.15, 0.2) is 0 Å². The van der Waals surface area contributed by atoms with Crippen LogP contribution in [-0.2, 0) is 0 Å². The molecular formula is C13H24ClN5. The molecule has 2 rings (SSSR count). The van der Waals surface area contributed by atoms with Crippen LogP contribution < -0.4 is 15.5 Å². The molecule has 1 unspecified atom stereocenters. The first-order valence-corrected chi connectivity index (χ1v) is 6.82. The molecule has 0 amide bonds. The monoisotopic (exact) mass is 285 g/mol. The van der Waals surface area contributed by atoms with Crippen molar-refractivity contribution in [2.24, 2.45) is 5.73 Å². The highest BCUT2D eigenvalue weighted by atomic mass is 35.5. The van der Waals surface area contributed by atoms with Gasteiger partial charge in [-0.05, 0) is 26.7 Å². The summed E-state index contributed by atoms with van der Waals surface area (Å²) in [6.45, 7) is 8.15. The van der Waals surface area contributed by atoms with Gasteiger partial charge in [-0.1, -0.05) is 0 Å². The highest BCUT2D eigenvalue weighted by Crippen LogP contribution is 2.20. The molecule has 1 aromatic rings. The van der Waals surface area contributed by atoms with E-state index in [0.717, 1.165) is 50.7 Å². The van der Waals surface area contributed by atoms with Gasteiger partial charge >= 0.3 is 0 Å². The lowest BCUT2D eigenvalue weighted by molar-refractivity contribution is 0.503. The number of nitrogens with two attached hydrogens (primary N) is 1. The second-order valence-electron chi connectivity index (χ2n) is 4.76. The zero-order valence-corrected chi connectivity index (χ0v) is 12.6. The van der Waals surface area contributed by atoms with E-state index in [4.69, 9.17) is 5.73 Å². The molecule has 1 fully saturated rings. The molecule has 0 aliphatic carbocycles. The number of hydrogen-bond donors (Lipinski definition) is 1. The molecule has 108 valence electrons. The van der Waals surface area contributed by atoms with Gasteiger partial charge < -0.3 is 15.5 Å². The Morgan fingerprint density at radius 2 is 2.11 bits per heavy atom. The van der Waals surface area contributed by atoms with Crippen molar-refractivity contribution < 1.29 is 0 Å². The summed E-state index contributed by atoms with van der Waals surface area (Å²) in [6, 6.07) is 2.34. The highest BCUT2D eigenvalue weighted by Gasteiger charge is 2.18. The zero-order valence-electron chi connectivity index (χ0n) is 11.7. The van der Waals surface area contributed by atoms with Gasteiger partial charge in [0, 0.05) is 38.3 Å². The van der Waals surface area contributed by atoms with Crippen molar-refractivity contribution >= 4 is 24.0 Å². The zero-order chi connectivity index (χ0) is 13.0. The normalized spacial score (nSPS) is 18.9. The fourth-order valence-corrected chi connectivity index (χ4v) is 2.45. The summed E-state index contributed by atoms with van der Waals surface area (Å²) in [6.07, 6.45) is 3.92. The summed E-state index contributed by atoms with van der Waals surface area (Å²) in [5, 5.41) is 0. The Kier molecular flexibility index (Phi) is 6.31. The summed E-state index contributed by atoms with van der Waals surface area (Å²) < 4.78 is 0. The average molecular weight is 286 g/mol. The minimum absolute atomic E-state index is 0. The standard InChI is InChI=1S/C13H23N5.ClH/c1-3-17(4-2)12-8-13(16-10-15-12)18-7-5-6-11(14)9-18;/h8,10-11H,3-7,9,14H2,1-2H3;1H. The van der Waals surface area contributed by atoms with E-state index >= 15 is 0 Å². The Morgan fingerprint density at radius 3 is 2.74 bits per heavy atom. The quantitative estimate of drug-likeness (QED) is 0.912. The lowest BCUT2D eigenvalue weighted by Gasteiger charge is -2.32. The second-order valence-corrected chi connectivity index (χ2v) is 4.76. The van der Waals surface area contributed by atoms with Crippen LogP contribution in [0.3, 0.4) is 0 Å². The number of anilines is 2. The van der Waals surface area contributed by atoms with Crippen LogP contribution in [0.15, 0.2) is 12.4 Å². The Balaban J connectivity index is 0.00000180. The van der Waals surface area contributed by atoms with Crippen molar-refractivity contribution in [2.75, 3.05) is 36.0 Å². The molecular weight excluding hydrogens is 262 g/mol. The van der Waals surface area contributed by atoms with Gasteiger partial charge in [0.1, 0.15) is 18.0 Å². The molecule has 0 aromatic carbocycles. The van der Waals surface area contributed by atoms with E-state index in [1.165, 1.54) is 0 Å². The maximum atomic E-state index is 6.02. The summed E-state index contributed by atoms with van der Waals surface area (Å²) >= 11 is 0. The van der Waals surface area contributed by atoms with Gasteiger partial charge in [0.25, 0.3) is 0 Å². The summed E-state index contributed by atoms with van der Waals surface area (Å²) in [5.74, 6) is 2.01. The minimum Gasteiger partial charge on any atom is -0.357 e. The molecule has 1 aromatic heterocycles. The average Bonchev–Trinajstić information content (AvgIpc) is 2.41. The molecule has 0 spiro atoms. The van der Waals surface area contributed by atoms with Gasteiger partial charge in [0.2, 0.25) is 0 Å². The molecule has 2 N–H and O–H groups in total. The highest BCUT2D eigenvalue weighted by molar-refractivity contribution is 5.85. The first-order valence-electron chi connectivity index (χ1n) is 6.82. The summed E-state index contributed by atoms with van der Waals surface area (Å²) in [7, 11) is 0. The molecule has 1 atom stereocenters. The molecule has 0 radical (unpaired) electrons. The molecule has 2 heterocycles. The largest absolute Gasteiger partial charge is 0.357 e. The van der Waals surface area contributed by atoms with Crippen LogP contribution in [0.25, 0.3) is 0 Å². The van der Waals surface area contributed by atoms with Crippen LogP contribution in [0.4, 0.5) is 11.6 Å². The van der Waals surface area contributed by atoms with Crippen LogP contribution in [0.5, 0.6) is 0 Å². The molecule has 0 saturated carbocycles. The van der Waals surface area contributed by atoms with Gasteiger partial charge in [-0.2, -0.15) is 0 Å². The van der Waals surface area contributed by atoms with Crippen molar-refractivity contribution in [1.29, 1.82) is 0 Å². The lowest BCUT2D eigenvalue weighted by Crippen LogP contribution is -2.43. The summed E-state index contributed by atoms with van der Waals surface area (Å²) in [5.41, 5.74) is 6.02. The Labute approximate surface area is 121 Å². The smallest absolute Gasteiger partial charge is 0.134 e. The van der Waals surface area contributed by atoms with Crippen LogP contribution in [-0.4, -0.2) is 42.2 Å². The third-order valence-corrected chi connectivity index (χ3v) is 3.51. The van der Waals surface area contributed by atoms with E-state index in [2.05, 4.69) is 39.7 Å². The van der Waals surface area contributed by atoms with E-state index in [-0.39, 0.29) is 18.4 Å². The SMILES string of the molecule is CCN(CC)c1cc(N2CCCC(N)C2)ncn1.Cl. The maximum Gasteiger partial charge on any atom is 0.134 e. The number of rotatable bonds is 4. The molecule has 19 heavy (non-hydrogen) atoms. The first-order chi connectivity index (χ1) is 8.74. The predicted molar refractivity (Wildman–Crippen MR) is 82.3 cm³/mol. The van der Waals surface area contributed by atoms with E-state index in [1.54, 1.807) is 6.33 Å². The van der Waals surface area contributed by atoms with Crippen LogP contribution >= 0.6 is 12.4 Å². The van der Waals surface area contributed by atoms with Gasteiger partial charge in [-0.15, -0.1) is 12.4 Å². The third-order valence-electron chi connectivity index (χ3n) is 3.51. The number of halogens is 1. The third kappa shape index (κ3) is 3.94. The van der Waals surface area contributed by atoms with Crippen LogP contribution in [0.2, 0.25) is 0 Å². The molecule has 5 nitrogen and oxygen atoms in total. The van der Waals surface area contributed by atoms with Crippen molar-refractivity contribution in [3.63, 3.8) is 0 Å². The first kappa shape index (κ1) is 16.0. The van der Waals surface area contributed by atoms with Crippen LogP contribution in [0.1, 0.15) is 26.7 Å². The Bertz CT molecular complexity index is 383. The Hall–Kier alpha value is -1.07. The number of nitrogens with zero attached hydrogens (tertiary/aromatic N) is 4. The van der Waals surface area contributed by atoms with Crippen molar-refractivity contribution in [3.05, 3.63) is 12.4 Å². The molecule has 1 aliphatic heterocycles. The molecule has 1 aliphatic rings. The van der Waals surface area contributed by atoms with Crippen molar-refractivity contribution in [1.82, 2.24) is 9.97 Å². The van der Waals surface area contributed by atoms with E-state index in [0.29, 0.717) is 0 Å². The molecule has 0 bridgehead atoms. The fourth-order valence-electron chi connectivity index (χ4n) is 2.45. The lowest BCUT2D eigenvalue weighted by atomic mass is 10.1. The Morgan fingerprint density at radius 1 is 1.37 bits per heavy atom. The van der Waals surface area contributed by atoms with E-state index in [1.807, 2.05) is 0 Å². The fraction of sp³-hybridized carbons (Fsp3) is 0.692. The number of hydrogen-bond acceptors (Lipinski definition) is 5. The van der Waals surface area contributed by atoms with Crippen molar-refractivity contribution in [3.8, 4) is 0 Å². The number of aromatic nitrogens is 2. The van der Waals surface area contributed by atoms with Gasteiger partial charge in [-0.25, -0.2) is 9.97 Å². The van der Waals surface area contributed by atoms with Crippen molar-refractivity contribution in [2.45, 2.75) is 32.7 Å². The van der Waals surface area contributed by atoms with Gasteiger partial charge in [0.05, 0.1) is 0 Å². The second kappa shape index (κ2) is 7.50. The predicted octanol–water partition coefficient (Wildman–Crippen LogP) is 1.67. The molecule has 1 saturated heterocycles. The molecule has 6 heteroatoms. The van der Waals surface area contributed by atoms with E-state index < -0.39 is 0 Å². The van der Waals surface area contributed by atoms with Gasteiger partial charge in [-0.3, -0.25) is 0 Å². The topological polar surface area (TPSA) is 58.3 Å². The minimum atomic E-state index is 0. The van der Waals surface area contributed by atoms with Crippen LogP contribution in [0, 0.1) is 0 Å². The van der Waals surface area contributed by atoms with E-state index in [9.17, 15) is 0 Å².